The molecule has 6 nitrogen and oxygen atoms in total. The second-order valence-electron chi connectivity index (χ2n) is 5.61. The van der Waals surface area contributed by atoms with E-state index >= 15 is 0 Å². The van der Waals surface area contributed by atoms with Gasteiger partial charge >= 0.3 is 0 Å². The molecule has 9 heteroatoms. The molecule has 0 atom stereocenters. The number of nitrogens with zero attached hydrogens (tertiary/aromatic N) is 4. The minimum atomic E-state index is -0.464. The molecule has 0 aliphatic heterocycles. The van der Waals surface area contributed by atoms with Crippen LogP contribution in [0.15, 0.2) is 48.0 Å². The summed E-state index contributed by atoms with van der Waals surface area (Å²) < 4.78 is 15.0. The van der Waals surface area contributed by atoms with E-state index in [-0.39, 0.29) is 5.02 Å². The number of imidazole rings is 1. The van der Waals surface area contributed by atoms with Crippen molar-refractivity contribution in [3.8, 4) is 10.6 Å². The third kappa shape index (κ3) is 2.51. The average Bonchev–Trinajstić information content (AvgIpc) is 3.33. The van der Waals surface area contributed by atoms with E-state index < -0.39 is 5.82 Å². The molecule has 0 bridgehead atoms. The van der Waals surface area contributed by atoms with Crippen molar-refractivity contribution in [2.24, 2.45) is 0 Å². The Morgan fingerprint density at radius 1 is 1.15 bits per heavy atom. The zero-order valence-electron chi connectivity index (χ0n) is 13.1. The highest BCUT2D eigenvalue weighted by atomic mass is 35.5. The second-order valence-corrected chi connectivity index (χ2v) is 6.92. The third-order valence-electron chi connectivity index (χ3n) is 3.93. The van der Waals surface area contributed by atoms with E-state index in [0.717, 1.165) is 21.6 Å². The van der Waals surface area contributed by atoms with Gasteiger partial charge in [0.1, 0.15) is 10.8 Å². The first-order chi connectivity index (χ1) is 12.7. The second kappa shape index (κ2) is 5.79. The van der Waals surface area contributed by atoms with Crippen LogP contribution in [-0.2, 0) is 0 Å². The van der Waals surface area contributed by atoms with Crippen LogP contribution in [0.3, 0.4) is 0 Å². The zero-order valence-corrected chi connectivity index (χ0v) is 14.6. The molecule has 5 aromatic rings. The fourth-order valence-corrected chi connectivity index (χ4v) is 3.57. The summed E-state index contributed by atoms with van der Waals surface area (Å²) in [5, 5.41) is 9.14. The molecule has 0 aliphatic rings. The van der Waals surface area contributed by atoms with Gasteiger partial charge in [0, 0.05) is 22.8 Å². The molecule has 3 heterocycles. The molecule has 128 valence electrons. The minimum absolute atomic E-state index is 0.0477. The quantitative estimate of drug-likeness (QED) is 0.465. The van der Waals surface area contributed by atoms with Crippen molar-refractivity contribution in [2.75, 3.05) is 5.32 Å². The lowest BCUT2D eigenvalue weighted by atomic mass is 10.2. The van der Waals surface area contributed by atoms with Crippen molar-refractivity contribution >= 4 is 51.4 Å². The topological polar surface area (TPSA) is 70.9 Å². The van der Waals surface area contributed by atoms with E-state index in [1.807, 2.05) is 23.6 Å². The lowest BCUT2D eigenvalue weighted by Crippen LogP contribution is -1.94. The smallest absolute Gasteiger partial charge is 0.253 e. The van der Waals surface area contributed by atoms with Crippen molar-refractivity contribution in [3.63, 3.8) is 0 Å². The molecule has 0 spiro atoms. The van der Waals surface area contributed by atoms with Crippen LogP contribution in [0, 0.1) is 5.82 Å². The molecule has 5 rings (SSSR count). The first-order valence-electron chi connectivity index (χ1n) is 7.67. The van der Waals surface area contributed by atoms with Crippen molar-refractivity contribution in [1.29, 1.82) is 0 Å². The molecule has 0 unspecified atom stereocenters. The zero-order chi connectivity index (χ0) is 17.7. The number of aromatic amines is 1. The predicted molar refractivity (Wildman–Crippen MR) is 101 cm³/mol. The van der Waals surface area contributed by atoms with Crippen LogP contribution in [0.2, 0.25) is 5.02 Å². The molecule has 3 aromatic heterocycles. The molecule has 0 fully saturated rings. The number of thiazole rings is 1. The summed E-state index contributed by atoms with van der Waals surface area (Å²) in [6.45, 7) is 0. The number of halogens is 2. The predicted octanol–water partition coefficient (Wildman–Crippen LogP) is 4.87. The number of fused-ring (bicyclic) bond motifs is 3. The van der Waals surface area contributed by atoms with Crippen LogP contribution >= 0.6 is 22.9 Å². The van der Waals surface area contributed by atoms with Crippen LogP contribution in [0.25, 0.3) is 27.4 Å². The normalized spacial score (nSPS) is 11.5. The number of benzene rings is 2. The molecule has 0 saturated heterocycles. The van der Waals surface area contributed by atoms with E-state index in [4.69, 9.17) is 11.6 Å². The fraction of sp³-hybridized carbons (Fsp3) is 0. The number of anilines is 2. The Morgan fingerprint density at radius 2 is 2.08 bits per heavy atom. The molecule has 2 aromatic carbocycles. The Kier molecular flexibility index (Phi) is 3.41. The first kappa shape index (κ1) is 15.3. The fourth-order valence-electron chi connectivity index (χ4n) is 2.75. The van der Waals surface area contributed by atoms with E-state index in [9.17, 15) is 4.39 Å². The molecular weight excluding hydrogens is 375 g/mol. The van der Waals surface area contributed by atoms with Crippen molar-refractivity contribution in [2.45, 2.75) is 0 Å². The van der Waals surface area contributed by atoms with Gasteiger partial charge < -0.3 is 5.32 Å². The Morgan fingerprint density at radius 3 is 2.88 bits per heavy atom. The van der Waals surface area contributed by atoms with Gasteiger partial charge in [0.15, 0.2) is 0 Å². The number of H-pyrrole nitrogens is 1. The average molecular weight is 385 g/mol. The van der Waals surface area contributed by atoms with Crippen molar-refractivity contribution < 1.29 is 4.39 Å². The summed E-state index contributed by atoms with van der Waals surface area (Å²) in [6.07, 6.45) is 1.78. The van der Waals surface area contributed by atoms with E-state index in [1.54, 1.807) is 28.1 Å². The Bertz CT molecular complexity index is 1240. The first-order valence-corrected chi connectivity index (χ1v) is 8.93. The van der Waals surface area contributed by atoms with Crippen LogP contribution in [0.1, 0.15) is 0 Å². The van der Waals surface area contributed by atoms with E-state index in [2.05, 4.69) is 25.4 Å². The highest BCUT2D eigenvalue weighted by Crippen LogP contribution is 2.27. The SMILES string of the molecule is Fc1ccc(Nc2nc3nc4cc(-c5nccs5)ccc4n3[nH]2)cc1Cl. The van der Waals surface area contributed by atoms with Crippen LogP contribution in [0.4, 0.5) is 16.0 Å². The van der Waals surface area contributed by atoms with Gasteiger partial charge in [-0.25, -0.2) is 18.9 Å². The van der Waals surface area contributed by atoms with Crippen LogP contribution < -0.4 is 5.32 Å². The van der Waals surface area contributed by atoms with Crippen molar-refractivity contribution in [1.82, 2.24) is 24.6 Å². The summed E-state index contributed by atoms with van der Waals surface area (Å²) in [6, 6.07) is 10.4. The summed E-state index contributed by atoms with van der Waals surface area (Å²) in [5.41, 5.74) is 3.38. The maximum Gasteiger partial charge on any atom is 0.253 e. The molecule has 0 aliphatic carbocycles. The third-order valence-corrected chi connectivity index (χ3v) is 5.04. The molecular formula is C17H10ClFN6S. The molecule has 26 heavy (non-hydrogen) atoms. The maximum atomic E-state index is 13.3. The van der Waals surface area contributed by atoms with Gasteiger partial charge in [0.05, 0.1) is 16.1 Å². The van der Waals surface area contributed by atoms with Crippen LogP contribution in [0.5, 0.6) is 0 Å². The lowest BCUT2D eigenvalue weighted by Gasteiger charge is -2.03. The number of aromatic nitrogens is 5. The van der Waals surface area contributed by atoms with E-state index in [0.29, 0.717) is 17.4 Å². The Balaban J connectivity index is 1.52. The van der Waals surface area contributed by atoms with Gasteiger partial charge in [-0.3, -0.25) is 5.10 Å². The van der Waals surface area contributed by atoms with Crippen LogP contribution in [-0.4, -0.2) is 24.6 Å². The van der Waals surface area contributed by atoms with Gasteiger partial charge in [-0.05, 0) is 36.4 Å². The van der Waals surface area contributed by atoms with Gasteiger partial charge in [-0.1, -0.05) is 11.6 Å². The monoisotopic (exact) mass is 384 g/mol. The summed E-state index contributed by atoms with van der Waals surface area (Å²) >= 11 is 7.39. The lowest BCUT2D eigenvalue weighted by molar-refractivity contribution is 0.628. The largest absolute Gasteiger partial charge is 0.324 e. The van der Waals surface area contributed by atoms with Gasteiger partial charge in [-0.15, -0.1) is 11.3 Å². The molecule has 0 saturated carbocycles. The van der Waals surface area contributed by atoms with Gasteiger partial charge in [0.2, 0.25) is 5.95 Å². The maximum absolute atomic E-state index is 13.3. The summed E-state index contributed by atoms with van der Waals surface area (Å²) in [5.74, 6) is 0.557. The highest BCUT2D eigenvalue weighted by molar-refractivity contribution is 7.13. The highest BCUT2D eigenvalue weighted by Gasteiger charge is 2.12. The summed E-state index contributed by atoms with van der Waals surface area (Å²) in [4.78, 5) is 13.3. The summed E-state index contributed by atoms with van der Waals surface area (Å²) in [7, 11) is 0. The van der Waals surface area contributed by atoms with E-state index in [1.165, 1.54) is 12.1 Å². The standard InChI is InChI=1S/C17H10ClFN6S/c18-11-8-10(2-3-12(11)19)21-16-23-17-22-13-7-9(15-20-5-6-26-15)1-4-14(13)25(17)24-16/h1-8H,(H2,21,22,23,24). The Hall–Kier alpha value is -2.97. The Labute approximate surface area is 155 Å². The number of hydrogen-bond donors (Lipinski definition) is 2. The van der Waals surface area contributed by atoms with Gasteiger partial charge in [0.25, 0.3) is 5.78 Å². The molecule has 0 amide bonds. The molecule has 0 radical (unpaired) electrons. The minimum Gasteiger partial charge on any atom is -0.324 e. The van der Waals surface area contributed by atoms with Gasteiger partial charge in [-0.2, -0.15) is 4.98 Å². The molecule has 2 N–H and O–H groups in total. The number of nitrogens with one attached hydrogen (secondary N) is 2. The number of hydrogen-bond acceptors (Lipinski definition) is 5. The van der Waals surface area contributed by atoms with Crippen molar-refractivity contribution in [3.05, 3.63) is 58.8 Å². The number of rotatable bonds is 3.